The molecule has 0 aliphatic rings. The number of methoxy groups -OCH3 is 1. The van der Waals surface area contributed by atoms with Gasteiger partial charge in [-0.2, -0.15) is 0 Å². The second kappa shape index (κ2) is 5.85. The molecule has 0 fully saturated rings. The van der Waals surface area contributed by atoms with Gasteiger partial charge in [-0.05, 0) is 24.3 Å². The minimum absolute atomic E-state index is 0.255. The van der Waals surface area contributed by atoms with E-state index in [2.05, 4.69) is 5.43 Å². The smallest absolute Gasteiger partial charge is 0.132 e. The van der Waals surface area contributed by atoms with E-state index in [-0.39, 0.29) is 5.56 Å². The highest BCUT2D eigenvalue weighted by Crippen LogP contribution is 2.30. The van der Waals surface area contributed by atoms with E-state index >= 15 is 0 Å². The highest BCUT2D eigenvalue weighted by molar-refractivity contribution is 5.52. The van der Waals surface area contributed by atoms with Crippen LogP contribution in [-0.2, 0) is 0 Å². The number of rotatable bonds is 4. The molecule has 2 aromatic rings. The Kier molecular flexibility index (Phi) is 4.16. The Morgan fingerprint density at radius 1 is 1.10 bits per heavy atom. The Morgan fingerprint density at radius 2 is 1.85 bits per heavy atom. The summed E-state index contributed by atoms with van der Waals surface area (Å²) in [6, 6.07) is 7.46. The molecule has 20 heavy (non-hydrogen) atoms. The molecule has 2 rings (SSSR count). The summed E-state index contributed by atoms with van der Waals surface area (Å²) in [4.78, 5) is 0. The van der Waals surface area contributed by atoms with Crippen LogP contribution in [0.25, 0.3) is 0 Å². The Hall–Kier alpha value is -2.18. The third-order valence-electron chi connectivity index (χ3n) is 3.05. The zero-order valence-corrected chi connectivity index (χ0v) is 10.9. The maximum absolute atomic E-state index is 14.1. The molecule has 0 aliphatic carbocycles. The average molecular weight is 279 g/mol. The van der Waals surface area contributed by atoms with Crippen LogP contribution < -0.4 is 21.7 Å². The molecule has 5 N–H and O–H groups in total. The minimum atomic E-state index is -0.753. The number of hydrogen-bond donors (Lipinski definition) is 3. The molecular formula is C14H15F2N3O. The van der Waals surface area contributed by atoms with E-state index in [0.717, 1.165) is 0 Å². The molecule has 0 saturated carbocycles. The second-order valence-electron chi connectivity index (χ2n) is 4.26. The quantitative estimate of drug-likeness (QED) is 0.455. The summed E-state index contributed by atoms with van der Waals surface area (Å²) in [5, 5.41) is 0. The molecule has 2 aromatic carbocycles. The lowest BCUT2D eigenvalue weighted by molar-refractivity contribution is 0.410. The number of nitrogens with two attached hydrogens (primary N) is 2. The van der Waals surface area contributed by atoms with Gasteiger partial charge in [-0.25, -0.2) is 14.2 Å². The number of benzene rings is 2. The maximum Gasteiger partial charge on any atom is 0.132 e. The van der Waals surface area contributed by atoms with Crippen LogP contribution in [0.4, 0.5) is 14.5 Å². The van der Waals surface area contributed by atoms with Crippen LogP contribution in [0, 0.1) is 11.6 Å². The van der Waals surface area contributed by atoms with E-state index in [1.165, 1.54) is 37.4 Å². The number of nitrogens with one attached hydrogen (secondary N) is 1. The van der Waals surface area contributed by atoms with E-state index < -0.39 is 17.7 Å². The van der Waals surface area contributed by atoms with Crippen molar-refractivity contribution in [1.29, 1.82) is 0 Å². The topological polar surface area (TPSA) is 73.3 Å². The molecule has 0 saturated heterocycles. The molecule has 1 atom stereocenters. The van der Waals surface area contributed by atoms with Crippen LogP contribution in [-0.4, -0.2) is 7.11 Å². The van der Waals surface area contributed by atoms with Crippen LogP contribution in [0.5, 0.6) is 5.75 Å². The standard InChI is InChI=1S/C14H15F2N3O/c1-20-9-3-4-10(12(16)7-9)14(19-18)11-6-8(15)2-5-13(11)17/h2-7,14,19H,17-18H2,1H3. The lowest BCUT2D eigenvalue weighted by Crippen LogP contribution is -2.30. The van der Waals surface area contributed by atoms with Gasteiger partial charge in [-0.15, -0.1) is 0 Å². The van der Waals surface area contributed by atoms with Crippen molar-refractivity contribution in [2.45, 2.75) is 6.04 Å². The number of ether oxygens (including phenoxy) is 1. The first-order valence-corrected chi connectivity index (χ1v) is 5.91. The Balaban J connectivity index is 2.49. The number of anilines is 1. The highest BCUT2D eigenvalue weighted by Gasteiger charge is 2.20. The molecule has 0 heterocycles. The van der Waals surface area contributed by atoms with E-state index in [4.69, 9.17) is 16.3 Å². The molecule has 6 heteroatoms. The summed E-state index contributed by atoms with van der Waals surface area (Å²) in [6.45, 7) is 0. The van der Waals surface area contributed by atoms with Gasteiger partial charge >= 0.3 is 0 Å². The molecule has 0 amide bonds. The Bertz CT molecular complexity index is 619. The van der Waals surface area contributed by atoms with Gasteiger partial charge < -0.3 is 10.5 Å². The van der Waals surface area contributed by atoms with E-state index in [9.17, 15) is 8.78 Å². The van der Waals surface area contributed by atoms with Gasteiger partial charge in [0.15, 0.2) is 0 Å². The fourth-order valence-corrected chi connectivity index (χ4v) is 2.01. The van der Waals surface area contributed by atoms with Gasteiger partial charge in [0, 0.05) is 22.9 Å². The van der Waals surface area contributed by atoms with E-state index in [0.29, 0.717) is 17.0 Å². The lowest BCUT2D eigenvalue weighted by Gasteiger charge is -2.19. The summed E-state index contributed by atoms with van der Waals surface area (Å²) in [5.41, 5.74) is 9.20. The Morgan fingerprint density at radius 3 is 2.45 bits per heavy atom. The first-order chi connectivity index (χ1) is 9.56. The summed E-state index contributed by atoms with van der Waals surface area (Å²) in [5.74, 6) is 4.87. The van der Waals surface area contributed by atoms with Crippen LogP contribution >= 0.6 is 0 Å². The zero-order valence-electron chi connectivity index (χ0n) is 10.9. The molecule has 0 spiro atoms. The first kappa shape index (κ1) is 14.2. The third kappa shape index (κ3) is 2.71. The van der Waals surface area contributed by atoms with Crippen LogP contribution in [0.15, 0.2) is 36.4 Å². The van der Waals surface area contributed by atoms with Gasteiger partial charge in [-0.1, -0.05) is 6.07 Å². The minimum Gasteiger partial charge on any atom is -0.497 e. The van der Waals surface area contributed by atoms with Crippen molar-refractivity contribution in [2.24, 2.45) is 5.84 Å². The van der Waals surface area contributed by atoms with Crippen LogP contribution in [0.2, 0.25) is 0 Å². The van der Waals surface area contributed by atoms with Gasteiger partial charge in [0.25, 0.3) is 0 Å². The SMILES string of the molecule is COc1ccc(C(NN)c2cc(F)ccc2N)c(F)c1. The molecule has 0 bridgehead atoms. The number of halogens is 2. The fourth-order valence-electron chi connectivity index (χ4n) is 2.01. The number of nitrogen functional groups attached to an aromatic ring is 1. The van der Waals surface area contributed by atoms with Gasteiger partial charge in [0.05, 0.1) is 13.2 Å². The molecule has 4 nitrogen and oxygen atoms in total. The lowest BCUT2D eigenvalue weighted by atomic mass is 9.97. The predicted molar refractivity (Wildman–Crippen MR) is 72.9 cm³/mol. The van der Waals surface area contributed by atoms with E-state index in [1.54, 1.807) is 6.07 Å². The van der Waals surface area contributed by atoms with Gasteiger partial charge in [-0.3, -0.25) is 5.84 Å². The van der Waals surface area contributed by atoms with Crippen LogP contribution in [0.3, 0.4) is 0 Å². The third-order valence-corrected chi connectivity index (χ3v) is 3.05. The van der Waals surface area contributed by atoms with Crippen molar-refractivity contribution in [3.05, 3.63) is 59.2 Å². The van der Waals surface area contributed by atoms with E-state index in [1.807, 2.05) is 0 Å². The fraction of sp³-hybridized carbons (Fsp3) is 0.143. The van der Waals surface area contributed by atoms with Crippen molar-refractivity contribution in [1.82, 2.24) is 5.43 Å². The predicted octanol–water partition coefficient (Wildman–Crippen LogP) is 2.11. The molecule has 0 aromatic heterocycles. The average Bonchev–Trinajstić information content (AvgIpc) is 2.44. The number of hydrogen-bond acceptors (Lipinski definition) is 4. The van der Waals surface area contributed by atoms with Crippen molar-refractivity contribution in [3.63, 3.8) is 0 Å². The van der Waals surface area contributed by atoms with Crippen LogP contribution in [0.1, 0.15) is 17.2 Å². The second-order valence-corrected chi connectivity index (χ2v) is 4.26. The highest BCUT2D eigenvalue weighted by atomic mass is 19.1. The molecule has 0 radical (unpaired) electrons. The monoisotopic (exact) mass is 279 g/mol. The number of hydrazine groups is 1. The summed E-state index contributed by atoms with van der Waals surface area (Å²) >= 11 is 0. The van der Waals surface area contributed by atoms with Gasteiger partial charge in [0.2, 0.25) is 0 Å². The normalized spacial score (nSPS) is 12.2. The molecule has 1 unspecified atom stereocenters. The first-order valence-electron chi connectivity index (χ1n) is 5.91. The Labute approximate surface area is 115 Å². The van der Waals surface area contributed by atoms with Crippen molar-refractivity contribution >= 4 is 5.69 Å². The van der Waals surface area contributed by atoms with Crippen molar-refractivity contribution in [3.8, 4) is 5.75 Å². The molecular weight excluding hydrogens is 264 g/mol. The largest absolute Gasteiger partial charge is 0.497 e. The summed E-state index contributed by atoms with van der Waals surface area (Å²) < 4.78 is 32.4. The summed E-state index contributed by atoms with van der Waals surface area (Å²) in [7, 11) is 1.44. The van der Waals surface area contributed by atoms with Crippen molar-refractivity contribution < 1.29 is 13.5 Å². The molecule has 106 valence electrons. The van der Waals surface area contributed by atoms with Gasteiger partial charge in [0.1, 0.15) is 17.4 Å². The maximum atomic E-state index is 14.1. The summed E-state index contributed by atoms with van der Waals surface area (Å²) in [6.07, 6.45) is 0. The zero-order chi connectivity index (χ0) is 14.7. The van der Waals surface area contributed by atoms with Crippen molar-refractivity contribution in [2.75, 3.05) is 12.8 Å². The molecule has 0 aliphatic heterocycles.